The number of rotatable bonds is 11. The molecule has 0 aliphatic rings. The van der Waals surface area contributed by atoms with Crippen molar-refractivity contribution in [1.82, 2.24) is 5.32 Å². The van der Waals surface area contributed by atoms with Crippen molar-refractivity contribution in [2.24, 2.45) is 0 Å². The zero-order valence-electron chi connectivity index (χ0n) is 17.0. The lowest BCUT2D eigenvalue weighted by Gasteiger charge is -2.12. The van der Waals surface area contributed by atoms with E-state index in [1.54, 1.807) is 0 Å². The number of alkyl halides is 2. The minimum Gasteiger partial charge on any atom is -0.493 e. The summed E-state index contributed by atoms with van der Waals surface area (Å²) in [6.45, 7) is -1.16. The van der Waals surface area contributed by atoms with Gasteiger partial charge in [-0.15, -0.1) is 0 Å². The Kier molecular flexibility index (Phi) is 9.05. The molecule has 2 rings (SSSR count). The van der Waals surface area contributed by atoms with Gasteiger partial charge in [0.25, 0.3) is 5.91 Å². The van der Waals surface area contributed by atoms with Gasteiger partial charge in [0.1, 0.15) is 0 Å². The Balaban J connectivity index is 1.73. The first-order chi connectivity index (χ1) is 14.4. The van der Waals surface area contributed by atoms with Crippen LogP contribution in [0.5, 0.6) is 11.5 Å². The highest BCUT2D eigenvalue weighted by molar-refractivity contribution is 5.80. The lowest BCUT2D eigenvalue weighted by Crippen LogP contribution is -2.28. The second-order valence-corrected chi connectivity index (χ2v) is 6.47. The third kappa shape index (κ3) is 7.69. The topological polar surface area (TPSA) is 73.9 Å². The first-order valence-corrected chi connectivity index (χ1v) is 9.53. The third-order valence-electron chi connectivity index (χ3n) is 4.35. The molecule has 0 radical (unpaired) electrons. The first kappa shape index (κ1) is 23.1. The van der Waals surface area contributed by atoms with E-state index in [0.717, 1.165) is 12.0 Å². The number of ether oxygens (including phenoxy) is 3. The van der Waals surface area contributed by atoms with Crippen LogP contribution in [0.4, 0.5) is 8.78 Å². The van der Waals surface area contributed by atoms with Crippen molar-refractivity contribution < 1.29 is 32.6 Å². The molecule has 0 unspecified atom stereocenters. The number of aryl methyl sites for hydroxylation is 2. The quantitative estimate of drug-likeness (QED) is 0.561. The summed E-state index contributed by atoms with van der Waals surface area (Å²) in [7, 11) is 1.33. The number of halogens is 2. The number of carbonyl (C=O) groups is 2. The summed E-state index contributed by atoms with van der Waals surface area (Å²) >= 11 is 0. The van der Waals surface area contributed by atoms with Crippen LogP contribution < -0.4 is 14.8 Å². The van der Waals surface area contributed by atoms with Crippen LogP contribution in [0.2, 0.25) is 0 Å². The Morgan fingerprint density at radius 2 is 1.67 bits per heavy atom. The van der Waals surface area contributed by atoms with E-state index in [2.05, 4.69) is 17.0 Å². The summed E-state index contributed by atoms with van der Waals surface area (Å²) < 4.78 is 39.0. The van der Waals surface area contributed by atoms with E-state index in [1.165, 1.54) is 30.9 Å². The number of amides is 1. The lowest BCUT2D eigenvalue weighted by atomic mass is 10.1. The molecule has 0 heterocycles. The second-order valence-electron chi connectivity index (χ2n) is 6.47. The van der Waals surface area contributed by atoms with Crippen LogP contribution in [-0.2, 0) is 33.7 Å². The van der Waals surface area contributed by atoms with E-state index in [-0.39, 0.29) is 24.5 Å². The average molecular weight is 421 g/mol. The van der Waals surface area contributed by atoms with E-state index in [4.69, 9.17) is 9.47 Å². The standard InChI is InChI=1S/C22H25F2NO5/c1-3-15-4-6-16(7-5-15)9-11-21(27)29-14-20(26)25-13-17-8-10-18(30-22(23)24)19(12-17)28-2/h4-8,10,12,22H,3,9,11,13-14H2,1-2H3,(H,25,26). The average Bonchev–Trinajstić information content (AvgIpc) is 2.75. The number of hydrogen-bond acceptors (Lipinski definition) is 5. The predicted octanol–water partition coefficient (Wildman–Crippen LogP) is 3.65. The molecule has 0 fully saturated rings. The van der Waals surface area contributed by atoms with E-state index >= 15 is 0 Å². The zero-order chi connectivity index (χ0) is 21.9. The van der Waals surface area contributed by atoms with Gasteiger partial charge in [-0.05, 0) is 41.7 Å². The van der Waals surface area contributed by atoms with Gasteiger partial charge in [-0.1, -0.05) is 37.3 Å². The normalized spacial score (nSPS) is 10.6. The van der Waals surface area contributed by atoms with Crippen LogP contribution in [0.15, 0.2) is 42.5 Å². The molecule has 6 nitrogen and oxygen atoms in total. The van der Waals surface area contributed by atoms with E-state index in [0.29, 0.717) is 12.0 Å². The van der Waals surface area contributed by atoms with Gasteiger partial charge in [0.2, 0.25) is 0 Å². The highest BCUT2D eigenvalue weighted by Crippen LogP contribution is 2.29. The molecule has 2 aromatic rings. The highest BCUT2D eigenvalue weighted by atomic mass is 19.3. The number of nitrogens with one attached hydrogen (secondary N) is 1. The van der Waals surface area contributed by atoms with Crippen LogP contribution in [0.3, 0.4) is 0 Å². The van der Waals surface area contributed by atoms with Crippen LogP contribution in [0, 0.1) is 0 Å². The Morgan fingerprint density at radius 1 is 1.00 bits per heavy atom. The van der Waals surface area contributed by atoms with Crippen molar-refractivity contribution in [3.63, 3.8) is 0 Å². The number of carbonyl (C=O) groups excluding carboxylic acids is 2. The van der Waals surface area contributed by atoms with Crippen molar-refractivity contribution in [2.75, 3.05) is 13.7 Å². The summed E-state index contributed by atoms with van der Waals surface area (Å²) in [6.07, 6.45) is 1.68. The molecule has 0 aromatic heterocycles. The first-order valence-electron chi connectivity index (χ1n) is 9.53. The number of hydrogen-bond donors (Lipinski definition) is 1. The van der Waals surface area contributed by atoms with Gasteiger partial charge < -0.3 is 19.5 Å². The molecule has 2 aromatic carbocycles. The van der Waals surface area contributed by atoms with Crippen LogP contribution >= 0.6 is 0 Å². The molecule has 0 aliphatic carbocycles. The molecule has 162 valence electrons. The highest BCUT2D eigenvalue weighted by Gasteiger charge is 2.12. The fourth-order valence-electron chi connectivity index (χ4n) is 2.67. The van der Waals surface area contributed by atoms with E-state index in [1.807, 2.05) is 24.3 Å². The molecule has 1 amide bonds. The summed E-state index contributed by atoms with van der Waals surface area (Å²) in [4.78, 5) is 23.7. The summed E-state index contributed by atoms with van der Waals surface area (Å²) in [5.74, 6) is -0.899. The third-order valence-corrected chi connectivity index (χ3v) is 4.35. The van der Waals surface area contributed by atoms with Gasteiger partial charge in [0.15, 0.2) is 18.1 Å². The molecule has 1 N–H and O–H groups in total. The molecule has 0 bridgehead atoms. The van der Waals surface area contributed by atoms with Crippen molar-refractivity contribution in [1.29, 1.82) is 0 Å². The fraction of sp³-hybridized carbons (Fsp3) is 0.364. The Hall–Kier alpha value is -3.16. The fourth-order valence-corrected chi connectivity index (χ4v) is 2.67. The smallest absolute Gasteiger partial charge is 0.387 e. The van der Waals surface area contributed by atoms with Gasteiger partial charge in [0, 0.05) is 13.0 Å². The summed E-state index contributed by atoms with van der Waals surface area (Å²) in [5.41, 5.74) is 2.87. The number of benzene rings is 2. The van der Waals surface area contributed by atoms with Gasteiger partial charge in [0.05, 0.1) is 7.11 Å². The Morgan fingerprint density at radius 3 is 2.30 bits per heavy atom. The Bertz CT molecular complexity index is 840. The largest absolute Gasteiger partial charge is 0.493 e. The van der Waals surface area contributed by atoms with Crippen molar-refractivity contribution >= 4 is 11.9 Å². The van der Waals surface area contributed by atoms with Crippen molar-refractivity contribution in [3.8, 4) is 11.5 Å². The molecule has 8 heteroatoms. The van der Waals surface area contributed by atoms with Crippen LogP contribution in [0.25, 0.3) is 0 Å². The van der Waals surface area contributed by atoms with E-state index < -0.39 is 25.1 Å². The number of methoxy groups -OCH3 is 1. The maximum Gasteiger partial charge on any atom is 0.387 e. The molecular formula is C22H25F2NO5. The monoisotopic (exact) mass is 421 g/mol. The van der Waals surface area contributed by atoms with Crippen molar-refractivity contribution in [2.45, 2.75) is 39.3 Å². The maximum atomic E-state index is 12.3. The van der Waals surface area contributed by atoms with Crippen molar-refractivity contribution in [3.05, 3.63) is 59.2 Å². The molecule has 30 heavy (non-hydrogen) atoms. The van der Waals surface area contributed by atoms with Gasteiger partial charge in [-0.3, -0.25) is 9.59 Å². The molecule has 0 atom stereocenters. The second kappa shape index (κ2) is 11.7. The minimum absolute atomic E-state index is 0.0964. The lowest BCUT2D eigenvalue weighted by molar-refractivity contribution is -0.148. The zero-order valence-corrected chi connectivity index (χ0v) is 17.0. The molecule has 0 aliphatic heterocycles. The predicted molar refractivity (Wildman–Crippen MR) is 107 cm³/mol. The summed E-state index contributed by atoms with van der Waals surface area (Å²) in [5, 5.41) is 2.59. The van der Waals surface area contributed by atoms with Gasteiger partial charge in [-0.2, -0.15) is 8.78 Å². The summed E-state index contributed by atoms with van der Waals surface area (Å²) in [6, 6.07) is 12.3. The molecule has 0 saturated heterocycles. The van der Waals surface area contributed by atoms with Crippen LogP contribution in [0.1, 0.15) is 30.0 Å². The molecule has 0 spiro atoms. The van der Waals surface area contributed by atoms with E-state index in [9.17, 15) is 18.4 Å². The SMILES string of the molecule is CCc1ccc(CCC(=O)OCC(=O)NCc2ccc(OC(F)F)c(OC)c2)cc1. The maximum absolute atomic E-state index is 12.3. The minimum atomic E-state index is -2.96. The molecule has 0 saturated carbocycles. The molecular weight excluding hydrogens is 396 g/mol. The Labute approximate surface area is 174 Å². The van der Waals surface area contributed by atoms with Crippen LogP contribution in [-0.4, -0.2) is 32.2 Å². The number of esters is 1. The van der Waals surface area contributed by atoms with Gasteiger partial charge in [-0.25, -0.2) is 0 Å². The van der Waals surface area contributed by atoms with Gasteiger partial charge >= 0.3 is 12.6 Å².